The van der Waals surface area contributed by atoms with Gasteiger partial charge in [-0.3, -0.25) is 0 Å². The molecule has 21 heavy (non-hydrogen) atoms. The van der Waals surface area contributed by atoms with Crippen LogP contribution in [0.3, 0.4) is 0 Å². The highest BCUT2D eigenvalue weighted by molar-refractivity contribution is 7.10. The number of hydrogen-bond acceptors (Lipinski definition) is 3. The molecule has 0 radical (unpaired) electrons. The van der Waals surface area contributed by atoms with Gasteiger partial charge in [0.1, 0.15) is 10.8 Å². The molecule has 0 amide bonds. The smallest absolute Gasteiger partial charge is 0.132 e. The summed E-state index contributed by atoms with van der Waals surface area (Å²) in [5, 5.41) is 2.88. The monoisotopic (exact) mass is 304 g/mol. The molecule has 2 aromatic rings. The van der Waals surface area contributed by atoms with Gasteiger partial charge in [-0.25, -0.2) is 9.37 Å². The molecule has 1 aliphatic carbocycles. The number of benzene rings is 1. The van der Waals surface area contributed by atoms with Gasteiger partial charge in [-0.05, 0) is 43.7 Å². The second-order valence-corrected chi connectivity index (χ2v) is 6.88. The summed E-state index contributed by atoms with van der Waals surface area (Å²) in [4.78, 5) is 4.64. The van der Waals surface area contributed by atoms with Crippen molar-refractivity contribution in [3.05, 3.63) is 40.5 Å². The Morgan fingerprint density at radius 1 is 1.33 bits per heavy atom. The first-order valence-corrected chi connectivity index (χ1v) is 8.50. The van der Waals surface area contributed by atoms with E-state index in [1.807, 2.05) is 11.4 Å². The van der Waals surface area contributed by atoms with Crippen LogP contribution in [-0.4, -0.2) is 4.98 Å². The van der Waals surface area contributed by atoms with Gasteiger partial charge in [-0.2, -0.15) is 0 Å². The molecule has 0 spiro atoms. The van der Waals surface area contributed by atoms with E-state index >= 15 is 0 Å². The Hall–Kier alpha value is -1.26. The van der Waals surface area contributed by atoms with Crippen molar-refractivity contribution in [1.29, 1.82) is 0 Å². The van der Waals surface area contributed by atoms with Crippen LogP contribution in [0.2, 0.25) is 0 Å². The number of thiazole rings is 1. The Morgan fingerprint density at radius 2 is 2.05 bits per heavy atom. The van der Waals surface area contributed by atoms with E-state index in [-0.39, 0.29) is 11.4 Å². The van der Waals surface area contributed by atoms with Crippen LogP contribution in [0.5, 0.6) is 0 Å². The van der Waals surface area contributed by atoms with E-state index in [4.69, 9.17) is 5.73 Å². The maximum atomic E-state index is 13.9. The van der Waals surface area contributed by atoms with Crippen molar-refractivity contribution < 1.29 is 4.39 Å². The second-order valence-electron chi connectivity index (χ2n) is 6.03. The van der Waals surface area contributed by atoms with Crippen molar-refractivity contribution in [2.75, 3.05) is 0 Å². The Morgan fingerprint density at radius 3 is 2.71 bits per heavy atom. The third kappa shape index (κ3) is 2.87. The normalized spacial score (nSPS) is 26.0. The molecule has 0 saturated heterocycles. The van der Waals surface area contributed by atoms with Crippen molar-refractivity contribution in [2.24, 2.45) is 11.7 Å². The van der Waals surface area contributed by atoms with Gasteiger partial charge in [0.2, 0.25) is 0 Å². The van der Waals surface area contributed by atoms with Gasteiger partial charge in [0.05, 0.1) is 11.2 Å². The van der Waals surface area contributed by atoms with Gasteiger partial charge in [0, 0.05) is 10.9 Å². The van der Waals surface area contributed by atoms with Crippen LogP contribution in [-0.2, 0) is 5.54 Å². The van der Waals surface area contributed by atoms with Crippen LogP contribution in [0.4, 0.5) is 4.39 Å². The maximum absolute atomic E-state index is 13.9. The maximum Gasteiger partial charge on any atom is 0.132 e. The molecule has 4 heteroatoms. The van der Waals surface area contributed by atoms with Crippen molar-refractivity contribution in [1.82, 2.24) is 4.98 Å². The fraction of sp³-hybridized carbons (Fsp3) is 0.471. The second kappa shape index (κ2) is 5.85. The van der Waals surface area contributed by atoms with Gasteiger partial charge >= 0.3 is 0 Å². The van der Waals surface area contributed by atoms with Crippen LogP contribution in [0.1, 0.15) is 44.0 Å². The number of rotatable bonds is 3. The lowest BCUT2D eigenvalue weighted by Crippen LogP contribution is -2.40. The van der Waals surface area contributed by atoms with E-state index in [0.29, 0.717) is 11.3 Å². The SMILES string of the molecule is CCC1CCC(N)(c2nc(-c3ccccc3F)cs2)CC1. The van der Waals surface area contributed by atoms with Crippen molar-refractivity contribution in [3.8, 4) is 11.3 Å². The molecule has 1 saturated carbocycles. The van der Waals surface area contributed by atoms with Gasteiger partial charge in [0.25, 0.3) is 0 Å². The summed E-state index contributed by atoms with van der Waals surface area (Å²) in [5.41, 5.74) is 7.53. The summed E-state index contributed by atoms with van der Waals surface area (Å²) in [6.07, 6.45) is 5.53. The molecule has 0 atom stereocenters. The molecular weight excluding hydrogens is 283 g/mol. The molecule has 1 aliphatic rings. The third-order valence-corrected chi connectivity index (χ3v) is 5.72. The number of nitrogens with two attached hydrogens (primary N) is 1. The van der Waals surface area contributed by atoms with Crippen LogP contribution >= 0.6 is 11.3 Å². The summed E-state index contributed by atoms with van der Waals surface area (Å²) < 4.78 is 13.9. The largest absolute Gasteiger partial charge is 0.319 e. The summed E-state index contributed by atoms with van der Waals surface area (Å²) in [6.45, 7) is 2.24. The molecule has 1 fully saturated rings. The fourth-order valence-electron chi connectivity index (χ4n) is 3.11. The van der Waals surface area contributed by atoms with E-state index in [1.165, 1.54) is 25.3 Å². The first-order chi connectivity index (χ1) is 10.1. The molecule has 0 aliphatic heterocycles. The predicted molar refractivity (Wildman–Crippen MR) is 85.6 cm³/mol. The van der Waals surface area contributed by atoms with Crippen molar-refractivity contribution in [3.63, 3.8) is 0 Å². The average Bonchev–Trinajstić information content (AvgIpc) is 2.99. The Balaban J connectivity index is 1.84. The zero-order valence-corrected chi connectivity index (χ0v) is 13.1. The molecule has 0 bridgehead atoms. The summed E-state index contributed by atoms with van der Waals surface area (Å²) in [5.74, 6) is 0.572. The molecule has 3 rings (SSSR count). The molecule has 1 aromatic heterocycles. The third-order valence-electron chi connectivity index (χ3n) is 4.65. The minimum absolute atomic E-state index is 0.227. The Bertz CT molecular complexity index is 615. The highest BCUT2D eigenvalue weighted by atomic mass is 32.1. The zero-order valence-electron chi connectivity index (χ0n) is 12.3. The topological polar surface area (TPSA) is 38.9 Å². The van der Waals surface area contributed by atoms with E-state index in [2.05, 4.69) is 11.9 Å². The summed E-state index contributed by atoms with van der Waals surface area (Å²) in [6, 6.07) is 6.77. The summed E-state index contributed by atoms with van der Waals surface area (Å²) in [7, 11) is 0. The Kier molecular flexibility index (Phi) is 4.09. The lowest BCUT2D eigenvalue weighted by atomic mass is 9.76. The van der Waals surface area contributed by atoms with Crippen LogP contribution in [0, 0.1) is 11.7 Å². The van der Waals surface area contributed by atoms with Crippen LogP contribution in [0.25, 0.3) is 11.3 Å². The van der Waals surface area contributed by atoms with E-state index in [1.54, 1.807) is 23.5 Å². The first-order valence-electron chi connectivity index (χ1n) is 7.62. The molecule has 2 nitrogen and oxygen atoms in total. The number of hydrogen-bond donors (Lipinski definition) is 1. The highest BCUT2D eigenvalue weighted by Gasteiger charge is 2.35. The standard InChI is InChI=1S/C17H21FN2S/c1-2-12-7-9-17(19,10-8-12)16-20-15(11-21-16)13-5-3-4-6-14(13)18/h3-6,11-12H,2,7-10,19H2,1H3. The van der Waals surface area contributed by atoms with Crippen molar-refractivity contribution >= 4 is 11.3 Å². The molecular formula is C17H21FN2S. The fourth-order valence-corrected chi connectivity index (χ4v) is 4.10. The molecule has 1 aromatic carbocycles. The van der Waals surface area contributed by atoms with Crippen LogP contribution < -0.4 is 5.73 Å². The van der Waals surface area contributed by atoms with Gasteiger partial charge in [-0.15, -0.1) is 11.3 Å². The van der Waals surface area contributed by atoms with E-state index < -0.39 is 0 Å². The Labute approximate surface area is 129 Å². The minimum atomic E-state index is -0.320. The molecule has 1 heterocycles. The predicted octanol–water partition coefficient (Wildman–Crippen LogP) is 4.70. The highest BCUT2D eigenvalue weighted by Crippen LogP contribution is 2.40. The molecule has 0 unspecified atom stereocenters. The summed E-state index contributed by atoms with van der Waals surface area (Å²) >= 11 is 1.56. The first kappa shape index (κ1) is 14.7. The van der Waals surface area contributed by atoms with Crippen LogP contribution in [0.15, 0.2) is 29.6 Å². The van der Waals surface area contributed by atoms with Gasteiger partial charge < -0.3 is 5.73 Å². The van der Waals surface area contributed by atoms with Gasteiger partial charge in [-0.1, -0.05) is 25.5 Å². The zero-order chi connectivity index (χ0) is 14.9. The van der Waals surface area contributed by atoms with E-state index in [0.717, 1.165) is 23.8 Å². The lowest BCUT2D eigenvalue weighted by molar-refractivity contribution is 0.231. The number of nitrogens with zero attached hydrogens (tertiary/aromatic N) is 1. The minimum Gasteiger partial charge on any atom is -0.319 e. The van der Waals surface area contributed by atoms with E-state index in [9.17, 15) is 4.39 Å². The molecule has 2 N–H and O–H groups in total. The van der Waals surface area contributed by atoms with Gasteiger partial charge in [0.15, 0.2) is 0 Å². The number of aromatic nitrogens is 1. The average molecular weight is 304 g/mol. The number of halogens is 1. The lowest BCUT2D eigenvalue weighted by Gasteiger charge is -2.35. The molecule has 112 valence electrons. The van der Waals surface area contributed by atoms with Crippen molar-refractivity contribution in [2.45, 2.75) is 44.6 Å². The quantitative estimate of drug-likeness (QED) is 0.892.